The average Bonchev–Trinajstić information content (AvgIpc) is 2.21. The monoisotopic (exact) mass is 370 g/mol. The molecule has 4 heteroatoms. The molecule has 0 aliphatic heterocycles. The van der Waals surface area contributed by atoms with E-state index in [-0.39, 0.29) is 71.7 Å². The third-order valence-electron chi connectivity index (χ3n) is 1.46. The van der Waals surface area contributed by atoms with Crippen LogP contribution in [0.3, 0.4) is 0 Å². The average molecular weight is 371 g/mol. The van der Waals surface area contributed by atoms with Crippen LogP contribution in [0.25, 0.3) is 0 Å². The van der Waals surface area contributed by atoms with E-state index in [0.29, 0.717) is 0 Å². The number of rotatable bonds is 4. The molecule has 0 heterocycles. The van der Waals surface area contributed by atoms with Crippen LogP contribution >= 0.6 is 0 Å². The molecule has 0 saturated heterocycles. The summed E-state index contributed by atoms with van der Waals surface area (Å²) in [5.41, 5.74) is -0.278. The molecule has 0 unspecified atom stereocenters. The Morgan fingerprint density at radius 3 is 1.04 bits per heavy atom. The molecule has 0 spiro atoms. The Kier molecular flexibility index (Phi) is 181. The van der Waals surface area contributed by atoms with E-state index in [1.807, 2.05) is 0 Å². The maximum atomic E-state index is 12.0. The molecule has 0 aromatic rings. The van der Waals surface area contributed by atoms with Gasteiger partial charge >= 0.3 is 6.11 Å². The molecule has 0 radical (unpaired) electrons. The van der Waals surface area contributed by atoms with Gasteiger partial charge in [0, 0.05) is 12.7 Å². The predicted octanol–water partition coefficient (Wildman–Crippen LogP) is 10.1. The van der Waals surface area contributed by atoms with Crippen LogP contribution in [0.15, 0.2) is 12.2 Å². The number of halogens is 3. The van der Waals surface area contributed by atoms with Crippen molar-refractivity contribution in [3.63, 3.8) is 0 Å². The first kappa shape index (κ1) is 76.2. The minimum absolute atomic E-state index is 0. The third kappa shape index (κ3) is 82.0. The van der Waals surface area contributed by atoms with Crippen molar-refractivity contribution in [3.8, 4) is 0 Å². The Labute approximate surface area is 157 Å². The van der Waals surface area contributed by atoms with Crippen molar-refractivity contribution in [1.82, 2.24) is 0 Å². The van der Waals surface area contributed by atoms with Crippen molar-refractivity contribution in [3.05, 3.63) is 12.2 Å². The van der Waals surface area contributed by atoms with Gasteiger partial charge in [0.25, 0.3) is 0 Å². The minimum atomic E-state index is -3.15. The molecule has 0 saturated carbocycles. The quantitative estimate of drug-likeness (QED) is 0.447. The zero-order valence-corrected chi connectivity index (χ0v) is 11.1. The topological polar surface area (TPSA) is 9.23 Å². The fourth-order valence-electron chi connectivity index (χ4n) is 0.528. The Morgan fingerprint density at radius 1 is 0.833 bits per heavy atom. The fraction of sp³-hybridized carbons (Fsp3) is 0.900. The van der Waals surface area contributed by atoms with Crippen LogP contribution in [0.5, 0.6) is 0 Å². The Morgan fingerprint density at radius 2 is 1.04 bits per heavy atom. The van der Waals surface area contributed by atoms with Crippen LogP contribution in [0.1, 0.15) is 106 Å². The Hall–Kier alpha value is -0.510. The molecule has 0 bridgehead atoms. The third-order valence-corrected chi connectivity index (χ3v) is 1.46. The summed E-state index contributed by atoms with van der Waals surface area (Å²) in [4.78, 5) is 0. The van der Waals surface area contributed by atoms with E-state index >= 15 is 0 Å². The van der Waals surface area contributed by atoms with E-state index in [1.54, 1.807) is 0 Å². The highest BCUT2D eigenvalue weighted by Crippen LogP contribution is 2.21. The number of hydrogen-bond donors (Lipinski definition) is 0. The van der Waals surface area contributed by atoms with Gasteiger partial charge in [-0.1, -0.05) is 99.1 Å². The second kappa shape index (κ2) is 57.1. The largest absolute Gasteiger partial charge is 0.378 e. The van der Waals surface area contributed by atoms with Gasteiger partial charge in [-0.15, -0.1) is 0 Å². The van der Waals surface area contributed by atoms with Crippen molar-refractivity contribution >= 4 is 0 Å². The molecule has 164 valence electrons. The molecule has 24 heavy (non-hydrogen) atoms. The highest BCUT2D eigenvalue weighted by atomic mass is 19.3. The first-order chi connectivity index (χ1) is 7.33. The van der Waals surface area contributed by atoms with E-state index in [2.05, 4.69) is 25.2 Å². The number of unbranched alkanes of at least 4 members (excludes halogenated alkanes) is 2. The van der Waals surface area contributed by atoms with E-state index < -0.39 is 6.11 Å². The highest BCUT2D eigenvalue weighted by molar-refractivity contribution is 4.97. The van der Waals surface area contributed by atoms with Gasteiger partial charge < -0.3 is 4.74 Å². The molecule has 0 N–H and O–H groups in total. The zero-order valence-electron chi connectivity index (χ0n) is 11.1. The highest BCUT2D eigenvalue weighted by Gasteiger charge is 2.28. The van der Waals surface area contributed by atoms with Crippen molar-refractivity contribution < 1.29 is 17.9 Å². The lowest BCUT2D eigenvalue weighted by molar-refractivity contribution is -0.189. The van der Waals surface area contributed by atoms with Crippen molar-refractivity contribution in [2.45, 2.75) is 112 Å². The summed E-state index contributed by atoms with van der Waals surface area (Å²) in [5.74, 6) is 0. The van der Waals surface area contributed by atoms with Crippen LogP contribution in [-0.2, 0) is 4.74 Å². The van der Waals surface area contributed by atoms with Crippen LogP contribution in [-0.4, -0.2) is 19.9 Å². The zero-order chi connectivity index (χ0) is 13.6. The molecule has 0 aromatic heterocycles. The molecule has 0 aliphatic carbocycles. The molecule has 0 aliphatic rings. The van der Waals surface area contributed by atoms with Gasteiger partial charge in [-0.2, -0.15) is 8.78 Å². The second-order valence-corrected chi connectivity index (χ2v) is 3.12. The van der Waals surface area contributed by atoms with Gasteiger partial charge in [-0.3, -0.25) is 4.39 Å². The Bertz CT molecular complexity index is 148. The summed E-state index contributed by atoms with van der Waals surface area (Å²) in [6, 6.07) is 0. The van der Waals surface area contributed by atoms with Crippen molar-refractivity contribution in [2.75, 3.05) is 13.8 Å². The summed E-state index contributed by atoms with van der Waals surface area (Å²) >= 11 is 0. The summed E-state index contributed by atoms with van der Waals surface area (Å²) in [5, 5.41) is 0. The van der Waals surface area contributed by atoms with Crippen LogP contribution in [0.4, 0.5) is 13.2 Å². The minimum Gasteiger partial charge on any atom is -0.320 e. The number of methoxy groups -OCH3 is 1. The van der Waals surface area contributed by atoms with Gasteiger partial charge in [-0.25, -0.2) is 0 Å². The number of ether oxygens (including phenoxy) is 1. The summed E-state index contributed by atoms with van der Waals surface area (Å²) in [7, 11) is 0.939. The van der Waals surface area contributed by atoms with Crippen LogP contribution in [0.2, 0.25) is 0 Å². The van der Waals surface area contributed by atoms with Crippen LogP contribution < -0.4 is 0 Å². The van der Waals surface area contributed by atoms with E-state index in [4.69, 9.17) is 0 Å². The first-order valence-electron chi connectivity index (χ1n) is 5.48. The van der Waals surface area contributed by atoms with Gasteiger partial charge in [-0.05, 0) is 13.8 Å². The van der Waals surface area contributed by atoms with Gasteiger partial charge in [0.15, 0.2) is 0 Å². The molecule has 0 amide bonds. The molecular weight excluding hydrogens is 313 g/mol. The predicted molar refractivity (Wildman–Crippen MR) is 117 cm³/mol. The molecule has 1 nitrogen and oxygen atoms in total. The fourth-order valence-corrected chi connectivity index (χ4v) is 0.528. The molecular formula is C20H57F3O. The van der Waals surface area contributed by atoms with Crippen molar-refractivity contribution in [2.24, 2.45) is 0 Å². The van der Waals surface area contributed by atoms with E-state index in [9.17, 15) is 13.2 Å². The number of alkyl halides is 3. The smallest absolute Gasteiger partial charge is 0.320 e. The second-order valence-electron chi connectivity index (χ2n) is 3.12. The summed E-state index contributed by atoms with van der Waals surface area (Å²) < 4.78 is 38.0. The number of hydrogen-bond acceptors (Lipinski definition) is 1. The summed E-state index contributed by atoms with van der Waals surface area (Å²) in [6.07, 6.45) is 0.924. The molecule has 0 fully saturated rings. The SMILES string of the molecule is C.C.C.C.C.C.C.C.C=C(C)C(F)(F)OC.CCCCC.CCF. The summed E-state index contributed by atoms with van der Waals surface area (Å²) in [6.45, 7) is 9.87. The first-order valence-corrected chi connectivity index (χ1v) is 5.48. The van der Waals surface area contributed by atoms with E-state index in [1.165, 1.54) is 33.1 Å². The lowest BCUT2D eigenvalue weighted by atomic mass is 10.3. The normalized spacial score (nSPS) is 6.33. The van der Waals surface area contributed by atoms with Crippen molar-refractivity contribution in [1.29, 1.82) is 0 Å². The lowest BCUT2D eigenvalue weighted by Crippen LogP contribution is -2.18. The Balaban J connectivity index is -0.0000000107. The van der Waals surface area contributed by atoms with Gasteiger partial charge in [0.05, 0.1) is 6.67 Å². The van der Waals surface area contributed by atoms with Gasteiger partial charge in [0.2, 0.25) is 0 Å². The lowest BCUT2D eigenvalue weighted by Gasteiger charge is -2.11. The molecule has 0 aromatic carbocycles. The molecule has 0 atom stereocenters. The maximum Gasteiger partial charge on any atom is 0.378 e. The van der Waals surface area contributed by atoms with Crippen LogP contribution in [0, 0.1) is 0 Å². The molecule has 0 rings (SSSR count). The van der Waals surface area contributed by atoms with Gasteiger partial charge in [0.1, 0.15) is 0 Å². The standard InChI is InChI=1S/C5H8F2O.C5H12.C2H5F.8CH4/c1-4(2)5(6,7)8-3;1-3-5-4-2;1-2-3;;;;;;;;/h1H2,2-3H3;3-5H2,1-2H3;2H2,1H3;8*1H4. The maximum absolute atomic E-state index is 12.0. The van der Waals surface area contributed by atoms with E-state index in [0.717, 1.165) is 7.11 Å².